The predicted octanol–water partition coefficient (Wildman–Crippen LogP) is 1.18. The molecule has 1 unspecified atom stereocenters. The fraction of sp³-hybridized carbons (Fsp3) is 0.550. The zero-order valence-electron chi connectivity index (χ0n) is 16.9. The molecule has 154 valence electrons. The summed E-state index contributed by atoms with van der Waals surface area (Å²) >= 11 is 0. The number of benzene rings is 1. The summed E-state index contributed by atoms with van der Waals surface area (Å²) < 4.78 is 10.4. The first-order valence-electron chi connectivity index (χ1n) is 9.38. The summed E-state index contributed by atoms with van der Waals surface area (Å²) in [6.07, 6.45) is 1.10. The number of nitrogens with two attached hydrogens (primary N) is 1. The highest BCUT2D eigenvalue weighted by atomic mass is 16.5. The normalized spacial score (nSPS) is 15.8. The second-order valence-corrected chi connectivity index (χ2v) is 7.30. The number of rotatable bonds is 7. The molecule has 0 bridgehead atoms. The highest BCUT2D eigenvalue weighted by Crippen LogP contribution is 2.23. The Bertz CT molecular complexity index is 704. The van der Waals surface area contributed by atoms with Gasteiger partial charge in [-0.2, -0.15) is 0 Å². The zero-order chi connectivity index (χ0) is 20.8. The zero-order valence-corrected chi connectivity index (χ0v) is 16.9. The van der Waals surface area contributed by atoms with E-state index in [0.717, 1.165) is 0 Å². The van der Waals surface area contributed by atoms with Crippen LogP contribution < -0.4 is 20.5 Å². The number of nitrogens with zero attached hydrogens (tertiary/aromatic N) is 1. The Balaban J connectivity index is 2.11. The van der Waals surface area contributed by atoms with E-state index < -0.39 is 6.04 Å². The summed E-state index contributed by atoms with van der Waals surface area (Å²) in [6.45, 7) is 4.67. The Hall–Kier alpha value is -2.77. The van der Waals surface area contributed by atoms with E-state index >= 15 is 0 Å². The summed E-state index contributed by atoms with van der Waals surface area (Å²) in [5.41, 5.74) is 5.70. The lowest BCUT2D eigenvalue weighted by molar-refractivity contribution is -0.137. The van der Waals surface area contributed by atoms with Crippen molar-refractivity contribution in [3.05, 3.63) is 23.8 Å². The van der Waals surface area contributed by atoms with Crippen LogP contribution in [0.3, 0.4) is 0 Å². The van der Waals surface area contributed by atoms with Crippen molar-refractivity contribution in [2.24, 2.45) is 17.6 Å². The van der Waals surface area contributed by atoms with Crippen LogP contribution in [0.1, 0.15) is 37.0 Å². The second kappa shape index (κ2) is 9.43. The van der Waals surface area contributed by atoms with Gasteiger partial charge in [-0.1, -0.05) is 13.8 Å². The number of carbonyl (C=O) groups excluding carboxylic acids is 3. The minimum absolute atomic E-state index is 0.0992. The minimum atomic E-state index is -0.671. The van der Waals surface area contributed by atoms with Crippen LogP contribution in [0.4, 0.5) is 0 Å². The third-order valence-electron chi connectivity index (χ3n) is 5.04. The van der Waals surface area contributed by atoms with Gasteiger partial charge >= 0.3 is 0 Å². The van der Waals surface area contributed by atoms with Gasteiger partial charge in [0.15, 0.2) is 0 Å². The molecule has 0 radical (unpaired) electrons. The molecule has 0 aliphatic carbocycles. The van der Waals surface area contributed by atoms with Gasteiger partial charge < -0.3 is 25.4 Å². The minimum Gasteiger partial charge on any atom is -0.497 e. The van der Waals surface area contributed by atoms with Crippen LogP contribution in [-0.2, 0) is 9.59 Å². The van der Waals surface area contributed by atoms with E-state index in [-0.39, 0.29) is 29.6 Å². The molecule has 3 N–H and O–H groups in total. The molecule has 1 aromatic rings. The highest BCUT2D eigenvalue weighted by Gasteiger charge is 2.32. The number of hydrogen-bond donors (Lipinski definition) is 2. The van der Waals surface area contributed by atoms with Crippen molar-refractivity contribution in [1.29, 1.82) is 0 Å². The maximum absolute atomic E-state index is 13.0. The van der Waals surface area contributed by atoms with E-state index in [9.17, 15) is 14.4 Å². The number of carbonyl (C=O) groups is 3. The summed E-state index contributed by atoms with van der Waals surface area (Å²) in [7, 11) is 3.01. The molecule has 1 aliphatic rings. The van der Waals surface area contributed by atoms with Crippen LogP contribution >= 0.6 is 0 Å². The van der Waals surface area contributed by atoms with Gasteiger partial charge in [0.2, 0.25) is 11.8 Å². The van der Waals surface area contributed by atoms with Gasteiger partial charge in [0.1, 0.15) is 17.5 Å². The molecule has 1 aliphatic heterocycles. The first-order chi connectivity index (χ1) is 13.3. The van der Waals surface area contributed by atoms with Crippen LogP contribution in [0.2, 0.25) is 0 Å². The predicted molar refractivity (Wildman–Crippen MR) is 104 cm³/mol. The van der Waals surface area contributed by atoms with Crippen molar-refractivity contribution >= 4 is 17.7 Å². The molecule has 3 amide bonds. The molecule has 0 saturated carbocycles. The quantitative estimate of drug-likeness (QED) is 0.725. The summed E-state index contributed by atoms with van der Waals surface area (Å²) in [5.74, 6) is -0.167. The number of amides is 3. The number of piperidine rings is 1. The van der Waals surface area contributed by atoms with Gasteiger partial charge in [-0.3, -0.25) is 14.4 Å². The monoisotopic (exact) mass is 391 g/mol. The van der Waals surface area contributed by atoms with Crippen molar-refractivity contribution < 1.29 is 23.9 Å². The maximum Gasteiger partial charge on any atom is 0.252 e. The van der Waals surface area contributed by atoms with E-state index in [1.165, 1.54) is 14.2 Å². The maximum atomic E-state index is 13.0. The van der Waals surface area contributed by atoms with Crippen molar-refractivity contribution in [3.8, 4) is 11.5 Å². The Morgan fingerprint density at radius 2 is 1.61 bits per heavy atom. The fourth-order valence-electron chi connectivity index (χ4n) is 3.26. The molecule has 0 aromatic heterocycles. The molecule has 1 aromatic carbocycles. The van der Waals surface area contributed by atoms with Gasteiger partial charge in [0.05, 0.1) is 14.2 Å². The molecule has 1 heterocycles. The molecule has 1 fully saturated rings. The van der Waals surface area contributed by atoms with Gasteiger partial charge in [0, 0.05) is 30.6 Å². The summed E-state index contributed by atoms with van der Waals surface area (Å²) in [4.78, 5) is 38.8. The molecule has 0 spiro atoms. The third-order valence-corrected chi connectivity index (χ3v) is 5.04. The number of primary amides is 1. The standard InChI is InChI=1S/C20H29N3O5/c1-12(2)17(20(26)23-7-5-13(6-8-23)18(21)24)22-19(25)14-9-15(27-3)11-16(10-14)28-4/h9-13,17H,5-8H2,1-4H3,(H2,21,24)(H,22,25). The average molecular weight is 391 g/mol. The van der Waals surface area contributed by atoms with Crippen LogP contribution in [0.25, 0.3) is 0 Å². The summed E-state index contributed by atoms with van der Waals surface area (Å²) in [5, 5.41) is 2.83. The number of nitrogens with one attached hydrogen (secondary N) is 1. The molecular weight excluding hydrogens is 362 g/mol. The smallest absolute Gasteiger partial charge is 0.252 e. The van der Waals surface area contributed by atoms with Crippen LogP contribution in [0.15, 0.2) is 18.2 Å². The molecule has 1 saturated heterocycles. The van der Waals surface area contributed by atoms with Crippen LogP contribution in [0, 0.1) is 11.8 Å². The lowest BCUT2D eigenvalue weighted by Crippen LogP contribution is -2.53. The number of methoxy groups -OCH3 is 2. The van der Waals surface area contributed by atoms with E-state index in [1.54, 1.807) is 23.1 Å². The third kappa shape index (κ3) is 5.15. The first-order valence-corrected chi connectivity index (χ1v) is 9.38. The Labute approximate surface area is 165 Å². The second-order valence-electron chi connectivity index (χ2n) is 7.30. The average Bonchev–Trinajstić information content (AvgIpc) is 2.70. The number of hydrogen-bond acceptors (Lipinski definition) is 5. The van der Waals surface area contributed by atoms with Crippen molar-refractivity contribution in [2.75, 3.05) is 27.3 Å². The highest BCUT2D eigenvalue weighted by molar-refractivity contribution is 5.98. The van der Waals surface area contributed by atoms with Crippen LogP contribution in [-0.4, -0.2) is 56.0 Å². The van der Waals surface area contributed by atoms with Gasteiger partial charge in [-0.05, 0) is 30.9 Å². The Kier molecular flexibility index (Phi) is 7.25. The van der Waals surface area contributed by atoms with E-state index in [1.807, 2.05) is 13.8 Å². The Morgan fingerprint density at radius 1 is 1.07 bits per heavy atom. The lowest BCUT2D eigenvalue weighted by atomic mass is 9.94. The molecular formula is C20H29N3O5. The van der Waals surface area contributed by atoms with Crippen molar-refractivity contribution in [3.63, 3.8) is 0 Å². The molecule has 8 heteroatoms. The van der Waals surface area contributed by atoms with E-state index in [2.05, 4.69) is 5.32 Å². The molecule has 1 atom stereocenters. The lowest BCUT2D eigenvalue weighted by Gasteiger charge is -2.34. The topological polar surface area (TPSA) is 111 Å². The molecule has 2 rings (SSSR count). The molecule has 28 heavy (non-hydrogen) atoms. The van der Waals surface area contributed by atoms with Gasteiger partial charge in [-0.25, -0.2) is 0 Å². The van der Waals surface area contributed by atoms with Gasteiger partial charge in [0.25, 0.3) is 5.91 Å². The van der Waals surface area contributed by atoms with Gasteiger partial charge in [-0.15, -0.1) is 0 Å². The van der Waals surface area contributed by atoms with E-state index in [4.69, 9.17) is 15.2 Å². The van der Waals surface area contributed by atoms with Crippen LogP contribution in [0.5, 0.6) is 11.5 Å². The molecule has 8 nitrogen and oxygen atoms in total. The Morgan fingerprint density at radius 3 is 2.04 bits per heavy atom. The number of likely N-dealkylation sites (tertiary alicyclic amines) is 1. The summed E-state index contributed by atoms with van der Waals surface area (Å²) in [6, 6.07) is 4.19. The number of ether oxygens (including phenoxy) is 2. The fourth-order valence-corrected chi connectivity index (χ4v) is 3.26. The SMILES string of the molecule is COc1cc(OC)cc(C(=O)NC(C(=O)N2CCC(C(N)=O)CC2)C(C)C)c1. The van der Waals surface area contributed by atoms with Crippen molar-refractivity contribution in [2.45, 2.75) is 32.7 Å². The first kappa shape index (κ1) is 21.5. The van der Waals surface area contributed by atoms with Crippen molar-refractivity contribution in [1.82, 2.24) is 10.2 Å². The largest absolute Gasteiger partial charge is 0.497 e. The van der Waals surface area contributed by atoms with E-state index in [0.29, 0.717) is 43.0 Å².